The number of piperazine rings is 1. The third kappa shape index (κ3) is 3.85. The molecule has 1 saturated heterocycles. The van der Waals surface area contributed by atoms with E-state index >= 15 is 0 Å². The lowest BCUT2D eigenvalue weighted by molar-refractivity contribution is 0.200. The second-order valence-corrected chi connectivity index (χ2v) is 6.92. The number of benzene rings is 1. The highest BCUT2D eigenvalue weighted by atomic mass is 35.5. The lowest BCUT2D eigenvalue weighted by Gasteiger charge is -2.35. The quantitative estimate of drug-likeness (QED) is 0.664. The molecule has 0 unspecified atom stereocenters. The Kier molecular flexibility index (Phi) is 5.10. The zero-order valence-corrected chi connectivity index (χ0v) is 15.6. The Labute approximate surface area is 161 Å². The van der Waals surface area contributed by atoms with Crippen LogP contribution < -0.4 is 9.64 Å². The number of anilines is 1. The molecule has 3 heterocycles. The van der Waals surface area contributed by atoms with Crippen LogP contribution >= 0.6 is 23.2 Å². The van der Waals surface area contributed by atoms with Crippen molar-refractivity contribution in [2.24, 2.45) is 0 Å². The Balaban J connectivity index is 1.27. The lowest BCUT2D eigenvalue weighted by Crippen LogP contribution is -2.47. The van der Waals surface area contributed by atoms with E-state index in [-0.39, 0.29) is 0 Å². The Hall–Kier alpha value is -2.09. The predicted molar refractivity (Wildman–Crippen MR) is 101 cm³/mol. The molecule has 3 aromatic rings. The second-order valence-electron chi connectivity index (χ2n) is 6.08. The van der Waals surface area contributed by atoms with Crippen LogP contribution in [0.1, 0.15) is 0 Å². The molecule has 4 rings (SSSR count). The van der Waals surface area contributed by atoms with Gasteiger partial charge in [-0.3, -0.25) is 4.90 Å². The van der Waals surface area contributed by atoms with E-state index < -0.39 is 0 Å². The molecule has 0 bridgehead atoms. The summed E-state index contributed by atoms with van der Waals surface area (Å²) in [5, 5.41) is 13.6. The van der Waals surface area contributed by atoms with E-state index in [9.17, 15) is 0 Å². The van der Waals surface area contributed by atoms with Gasteiger partial charge in [0.25, 0.3) is 0 Å². The third-order valence-electron chi connectivity index (χ3n) is 4.40. The van der Waals surface area contributed by atoms with E-state index in [2.05, 4.69) is 25.1 Å². The van der Waals surface area contributed by atoms with Crippen LogP contribution in [0.4, 0.5) is 5.82 Å². The minimum Gasteiger partial charge on any atom is -0.491 e. The molecule has 0 N–H and O–H groups in total. The molecule has 26 heavy (non-hydrogen) atoms. The molecule has 1 fully saturated rings. The SMILES string of the molecule is Clc1ccc(Cl)c(OCCN2CCN(c3ccc4nncn4n3)CC2)c1. The molecule has 9 heteroatoms. The van der Waals surface area contributed by atoms with Crippen LogP contribution in [-0.4, -0.2) is 64.0 Å². The standard InChI is InChI=1S/C17H18Cl2N6O/c18-13-1-2-14(19)15(11-13)26-10-9-23-5-7-24(8-6-23)17-4-3-16-21-20-12-25(16)22-17/h1-4,11-12H,5-10H2. The van der Waals surface area contributed by atoms with Gasteiger partial charge in [-0.25, -0.2) is 0 Å². The molecule has 0 aliphatic carbocycles. The Morgan fingerprint density at radius 1 is 1.04 bits per heavy atom. The molecule has 1 aromatic carbocycles. The summed E-state index contributed by atoms with van der Waals surface area (Å²) in [5.74, 6) is 1.57. The molecule has 136 valence electrons. The summed E-state index contributed by atoms with van der Waals surface area (Å²) in [6.07, 6.45) is 1.62. The van der Waals surface area contributed by atoms with Crippen molar-refractivity contribution in [3.8, 4) is 5.75 Å². The van der Waals surface area contributed by atoms with Crippen LogP contribution in [0.25, 0.3) is 5.65 Å². The van der Waals surface area contributed by atoms with Gasteiger partial charge in [-0.2, -0.15) is 4.52 Å². The van der Waals surface area contributed by atoms with E-state index in [1.807, 2.05) is 12.1 Å². The Bertz CT molecular complexity index is 894. The molecule has 0 saturated carbocycles. The molecule has 0 spiro atoms. The molecule has 1 aliphatic heterocycles. The van der Waals surface area contributed by atoms with Gasteiger partial charge in [0.1, 0.15) is 24.5 Å². The van der Waals surface area contributed by atoms with Gasteiger partial charge in [0.05, 0.1) is 5.02 Å². The van der Waals surface area contributed by atoms with Crippen LogP contribution in [0.2, 0.25) is 10.0 Å². The van der Waals surface area contributed by atoms with Crippen molar-refractivity contribution >= 4 is 34.7 Å². The molecular weight excluding hydrogens is 375 g/mol. The maximum atomic E-state index is 6.12. The normalized spacial score (nSPS) is 15.5. The maximum absolute atomic E-state index is 6.12. The number of hydrogen-bond acceptors (Lipinski definition) is 6. The molecule has 0 radical (unpaired) electrons. The summed E-state index contributed by atoms with van der Waals surface area (Å²) < 4.78 is 7.47. The average molecular weight is 393 g/mol. The summed E-state index contributed by atoms with van der Waals surface area (Å²) in [6.45, 7) is 5.15. The zero-order valence-electron chi connectivity index (χ0n) is 14.1. The summed E-state index contributed by atoms with van der Waals surface area (Å²) in [5.41, 5.74) is 0.754. The largest absolute Gasteiger partial charge is 0.491 e. The first-order valence-corrected chi connectivity index (χ1v) is 9.17. The van der Waals surface area contributed by atoms with E-state index in [1.54, 1.807) is 29.0 Å². The van der Waals surface area contributed by atoms with Gasteiger partial charge in [0.15, 0.2) is 5.65 Å². The van der Waals surface area contributed by atoms with Crippen LogP contribution in [-0.2, 0) is 0 Å². The van der Waals surface area contributed by atoms with Crippen molar-refractivity contribution in [2.75, 3.05) is 44.2 Å². The smallest absolute Gasteiger partial charge is 0.177 e. The fraction of sp³-hybridized carbons (Fsp3) is 0.353. The fourth-order valence-corrected chi connectivity index (χ4v) is 3.29. The molecule has 7 nitrogen and oxygen atoms in total. The van der Waals surface area contributed by atoms with Crippen LogP contribution in [0.15, 0.2) is 36.7 Å². The van der Waals surface area contributed by atoms with Gasteiger partial charge < -0.3 is 9.64 Å². The van der Waals surface area contributed by atoms with E-state index in [0.29, 0.717) is 22.4 Å². The Morgan fingerprint density at radius 2 is 1.88 bits per heavy atom. The molecule has 1 aliphatic rings. The minimum atomic E-state index is 0.574. The molecule has 2 aromatic heterocycles. The first-order chi connectivity index (χ1) is 12.7. The maximum Gasteiger partial charge on any atom is 0.177 e. The van der Waals surface area contributed by atoms with Gasteiger partial charge in [0.2, 0.25) is 0 Å². The summed E-state index contributed by atoms with van der Waals surface area (Å²) in [7, 11) is 0. The van der Waals surface area contributed by atoms with Gasteiger partial charge in [0, 0.05) is 43.8 Å². The number of rotatable bonds is 5. The number of ether oxygens (including phenoxy) is 1. The summed E-state index contributed by atoms with van der Waals surface area (Å²) >= 11 is 12.1. The van der Waals surface area contributed by atoms with E-state index in [4.69, 9.17) is 27.9 Å². The number of nitrogens with zero attached hydrogens (tertiary/aromatic N) is 6. The third-order valence-corrected chi connectivity index (χ3v) is 4.95. The van der Waals surface area contributed by atoms with E-state index in [0.717, 1.165) is 44.2 Å². The summed E-state index contributed by atoms with van der Waals surface area (Å²) in [6, 6.07) is 9.17. The molecule has 0 atom stereocenters. The highest BCUT2D eigenvalue weighted by Crippen LogP contribution is 2.27. The van der Waals surface area contributed by atoms with Crippen molar-refractivity contribution < 1.29 is 4.74 Å². The van der Waals surface area contributed by atoms with Crippen LogP contribution in [0.3, 0.4) is 0 Å². The average Bonchev–Trinajstić information content (AvgIpc) is 3.13. The van der Waals surface area contributed by atoms with Gasteiger partial charge >= 0.3 is 0 Å². The second kappa shape index (κ2) is 7.65. The van der Waals surface area contributed by atoms with Gasteiger partial charge in [-0.15, -0.1) is 15.3 Å². The van der Waals surface area contributed by atoms with Gasteiger partial charge in [-0.05, 0) is 24.3 Å². The molecular formula is C17H18Cl2N6O. The van der Waals surface area contributed by atoms with Crippen molar-refractivity contribution in [3.63, 3.8) is 0 Å². The van der Waals surface area contributed by atoms with Crippen molar-refractivity contribution in [2.45, 2.75) is 0 Å². The van der Waals surface area contributed by atoms with Crippen molar-refractivity contribution in [1.29, 1.82) is 0 Å². The number of halogens is 2. The number of fused-ring (bicyclic) bond motifs is 1. The fourth-order valence-electron chi connectivity index (χ4n) is 2.96. The zero-order chi connectivity index (χ0) is 17.9. The first-order valence-electron chi connectivity index (χ1n) is 8.41. The predicted octanol–water partition coefficient (Wildman–Crippen LogP) is 2.63. The number of aromatic nitrogens is 4. The van der Waals surface area contributed by atoms with Gasteiger partial charge in [-0.1, -0.05) is 23.2 Å². The first kappa shape index (κ1) is 17.3. The topological polar surface area (TPSA) is 58.8 Å². The van der Waals surface area contributed by atoms with Crippen LogP contribution in [0.5, 0.6) is 5.75 Å². The monoisotopic (exact) mass is 392 g/mol. The highest BCUT2D eigenvalue weighted by Gasteiger charge is 2.18. The minimum absolute atomic E-state index is 0.574. The number of hydrogen-bond donors (Lipinski definition) is 0. The van der Waals surface area contributed by atoms with E-state index in [1.165, 1.54) is 0 Å². The lowest BCUT2D eigenvalue weighted by atomic mass is 10.3. The summed E-state index contributed by atoms with van der Waals surface area (Å²) in [4.78, 5) is 4.64. The highest BCUT2D eigenvalue weighted by molar-refractivity contribution is 6.34. The van der Waals surface area contributed by atoms with Crippen molar-refractivity contribution in [1.82, 2.24) is 24.7 Å². The van der Waals surface area contributed by atoms with Crippen molar-refractivity contribution in [3.05, 3.63) is 46.7 Å². The Morgan fingerprint density at radius 3 is 2.73 bits per heavy atom. The van der Waals surface area contributed by atoms with Crippen LogP contribution in [0, 0.1) is 0 Å². The molecule has 0 amide bonds.